The number of nitrogens with one attached hydrogen (secondary N) is 2. The summed E-state index contributed by atoms with van der Waals surface area (Å²) < 4.78 is 17.5. The highest BCUT2D eigenvalue weighted by atomic mass is 79.9. The Kier molecular flexibility index (Phi) is 17.5. The number of alkyl halides is 1. The van der Waals surface area contributed by atoms with Crippen LogP contribution < -0.4 is 31.1 Å². The highest BCUT2D eigenvalue weighted by Gasteiger charge is 2.24. The molecule has 0 spiro atoms. The summed E-state index contributed by atoms with van der Waals surface area (Å²) in [7, 11) is 0. The van der Waals surface area contributed by atoms with Crippen molar-refractivity contribution in [2.75, 3.05) is 90.7 Å². The molecule has 53 heavy (non-hydrogen) atoms. The molecule has 4 N–H and O–H groups in total. The van der Waals surface area contributed by atoms with Crippen LogP contribution in [0.2, 0.25) is 0 Å². The Morgan fingerprint density at radius 3 is 1.57 bits per heavy atom. The molecule has 0 saturated carbocycles. The van der Waals surface area contributed by atoms with Crippen molar-refractivity contribution in [3.8, 4) is 0 Å². The number of hydrogen-bond donors (Lipinski definition) is 3. The Morgan fingerprint density at radius 1 is 0.698 bits per heavy atom. The second kappa shape index (κ2) is 22.3. The molecule has 0 aliphatic carbocycles. The van der Waals surface area contributed by atoms with E-state index in [9.17, 15) is 14.4 Å². The zero-order valence-corrected chi connectivity index (χ0v) is 34.2. The number of piperazine rings is 1. The molecular weight excluding hydrogens is 900 g/mol. The van der Waals surface area contributed by atoms with E-state index >= 15 is 0 Å². The maximum atomic E-state index is 11.4. The summed E-state index contributed by atoms with van der Waals surface area (Å²) >= 11 is 15.3. The second-order valence-electron chi connectivity index (χ2n) is 11.3. The Hall–Kier alpha value is -4.02. The average molecular weight is 940 g/mol. The number of carbonyl (C=O) groups is 3. The first-order valence-corrected chi connectivity index (χ1v) is 19.5. The normalized spacial score (nSPS) is 14.7. The van der Waals surface area contributed by atoms with Crippen LogP contribution in [0.1, 0.15) is 0 Å². The van der Waals surface area contributed by atoms with Crippen LogP contribution in [0.5, 0.6) is 0 Å². The Morgan fingerprint density at radius 2 is 1.13 bits per heavy atom. The lowest BCUT2D eigenvalue weighted by molar-refractivity contribution is 0.168. The van der Waals surface area contributed by atoms with E-state index in [0.717, 1.165) is 56.7 Å². The zero-order valence-electron chi connectivity index (χ0n) is 28.7. The minimum absolute atomic E-state index is 0.212. The first-order valence-electron chi connectivity index (χ1n) is 16.6. The van der Waals surface area contributed by atoms with Crippen LogP contribution in [0, 0.1) is 0 Å². The molecule has 3 heterocycles. The van der Waals surface area contributed by atoms with Crippen LogP contribution in [-0.4, -0.2) is 83.2 Å². The summed E-state index contributed by atoms with van der Waals surface area (Å²) in [5.41, 5.74) is 9.90. The number of nitrogen functional groups attached to an aromatic ring is 1. The Bertz CT molecular complexity index is 1710. The van der Waals surface area contributed by atoms with E-state index in [1.165, 1.54) is 5.69 Å². The van der Waals surface area contributed by atoms with Crippen molar-refractivity contribution in [2.24, 2.45) is 0 Å². The minimum atomic E-state index is -0.493. The number of rotatable bonds is 6. The number of carbonyl (C=O) groups excluding carboxylic acids is 3. The van der Waals surface area contributed by atoms with Crippen LogP contribution in [-0.2, 0) is 14.2 Å². The maximum absolute atomic E-state index is 11.4. The van der Waals surface area contributed by atoms with Crippen molar-refractivity contribution in [3.05, 3.63) is 110 Å². The van der Waals surface area contributed by atoms with E-state index in [1.807, 2.05) is 72.8 Å². The summed E-state index contributed by atoms with van der Waals surface area (Å²) in [6.45, 7) is 6.58. The predicted molar refractivity (Wildman–Crippen MR) is 221 cm³/mol. The van der Waals surface area contributed by atoms with Gasteiger partial charge < -0.3 is 30.2 Å². The smallest absolute Gasteiger partial charge is 0.414 e. The molecule has 0 atom stereocenters. The van der Waals surface area contributed by atoms with Gasteiger partial charge in [-0.1, -0.05) is 47.8 Å². The van der Waals surface area contributed by atoms with Crippen molar-refractivity contribution in [3.63, 3.8) is 0 Å². The molecule has 3 aliphatic rings. The molecule has 4 aromatic rings. The maximum Gasteiger partial charge on any atom is 0.414 e. The van der Waals surface area contributed by atoms with Gasteiger partial charge in [0.1, 0.15) is 19.8 Å². The molecule has 0 bridgehead atoms. The van der Waals surface area contributed by atoms with Crippen molar-refractivity contribution in [2.45, 2.75) is 0 Å². The molecule has 3 amide bonds. The van der Waals surface area contributed by atoms with E-state index in [-0.39, 0.29) is 18.8 Å². The first kappa shape index (κ1) is 41.7. The summed E-state index contributed by atoms with van der Waals surface area (Å²) in [5.74, 6) is 0.299. The van der Waals surface area contributed by atoms with Crippen LogP contribution >= 0.6 is 59.4 Å². The van der Waals surface area contributed by atoms with Gasteiger partial charge in [-0.05, 0) is 97.1 Å². The molecular formula is C37H40Br3ClN6O6. The van der Waals surface area contributed by atoms with Crippen molar-refractivity contribution in [1.29, 1.82) is 0 Å². The lowest BCUT2D eigenvalue weighted by Crippen LogP contribution is -2.43. The van der Waals surface area contributed by atoms with E-state index in [4.69, 9.17) is 31.5 Å². The Balaban J connectivity index is 0.000000163. The topological polar surface area (TPSA) is 139 Å². The van der Waals surface area contributed by atoms with Crippen molar-refractivity contribution in [1.82, 2.24) is 5.32 Å². The molecule has 3 fully saturated rings. The van der Waals surface area contributed by atoms with E-state index in [0.29, 0.717) is 37.9 Å². The van der Waals surface area contributed by atoms with Gasteiger partial charge in [0, 0.05) is 68.0 Å². The zero-order chi connectivity index (χ0) is 38.0. The fraction of sp³-hybridized carbons (Fsp3) is 0.270. The monoisotopic (exact) mass is 936 g/mol. The predicted octanol–water partition coefficient (Wildman–Crippen LogP) is 8.73. The van der Waals surface area contributed by atoms with Crippen molar-refractivity contribution < 1.29 is 28.6 Å². The number of nitrogens with zero attached hydrogens (tertiary/aromatic N) is 3. The molecule has 7 rings (SSSR count). The van der Waals surface area contributed by atoms with Crippen LogP contribution in [0.3, 0.4) is 0 Å². The van der Waals surface area contributed by atoms with Gasteiger partial charge in [0.2, 0.25) is 0 Å². The molecule has 0 radical (unpaired) electrons. The van der Waals surface area contributed by atoms with Gasteiger partial charge in [0.05, 0.1) is 19.0 Å². The number of ether oxygens (including phenoxy) is 3. The molecule has 3 aliphatic heterocycles. The average Bonchev–Trinajstić information content (AvgIpc) is 3.82. The third-order valence-electron chi connectivity index (χ3n) is 7.57. The van der Waals surface area contributed by atoms with Gasteiger partial charge in [-0.2, -0.15) is 0 Å². The van der Waals surface area contributed by atoms with Crippen LogP contribution in [0.4, 0.5) is 42.8 Å². The summed E-state index contributed by atoms with van der Waals surface area (Å²) in [6.07, 6.45) is -1.000. The summed E-state index contributed by atoms with van der Waals surface area (Å²) in [5, 5.41) is 5.90. The van der Waals surface area contributed by atoms with Gasteiger partial charge in [0.15, 0.2) is 0 Å². The minimum Gasteiger partial charge on any atom is -0.448 e. The lowest BCUT2D eigenvalue weighted by Gasteiger charge is -2.29. The fourth-order valence-electron chi connectivity index (χ4n) is 4.92. The lowest BCUT2D eigenvalue weighted by atomic mass is 10.2. The van der Waals surface area contributed by atoms with Crippen molar-refractivity contribution >= 4 is 106 Å². The third kappa shape index (κ3) is 14.4. The number of anilines is 5. The van der Waals surface area contributed by atoms with Gasteiger partial charge in [-0.15, -0.1) is 11.6 Å². The van der Waals surface area contributed by atoms with E-state index in [2.05, 4.69) is 75.5 Å². The van der Waals surface area contributed by atoms with Crippen LogP contribution in [0.15, 0.2) is 110 Å². The molecule has 16 heteroatoms. The fourth-order valence-corrected chi connectivity index (χ4v) is 5.79. The van der Waals surface area contributed by atoms with Gasteiger partial charge in [-0.3, -0.25) is 15.1 Å². The Labute approximate surface area is 339 Å². The largest absolute Gasteiger partial charge is 0.448 e. The van der Waals surface area contributed by atoms with E-state index < -0.39 is 6.09 Å². The molecule has 12 nitrogen and oxygen atoms in total. The first-order chi connectivity index (χ1) is 25.6. The number of cyclic esters (lactones) is 2. The molecule has 0 unspecified atom stereocenters. The number of halogens is 4. The molecule has 282 valence electrons. The SMILES string of the molecule is Nc1ccc(Br)cc1.O=C(Nc1ccc(Br)cc1)OCCCl.O=C1OCCN1c1ccc(Br)cc1.O=C1OCCN1c1ccc(N2CCNCC2)cc1. The number of hydrogen-bond acceptors (Lipinski definition) is 9. The number of benzene rings is 4. The number of nitrogens with two attached hydrogens (primary N) is 1. The quantitative estimate of drug-likeness (QED) is 0.0985. The highest BCUT2D eigenvalue weighted by Crippen LogP contribution is 2.24. The van der Waals surface area contributed by atoms with Gasteiger partial charge in [-0.25, -0.2) is 14.4 Å². The molecule has 3 saturated heterocycles. The van der Waals surface area contributed by atoms with Crippen LogP contribution in [0.25, 0.3) is 0 Å². The highest BCUT2D eigenvalue weighted by molar-refractivity contribution is 9.11. The number of amides is 3. The second-order valence-corrected chi connectivity index (χ2v) is 14.4. The molecule has 0 aromatic heterocycles. The van der Waals surface area contributed by atoms with Gasteiger partial charge in [0.25, 0.3) is 0 Å². The standard InChI is InChI=1S/C13H17N3O2.C9H9BrClNO2.C9H8BrNO2.C6H6BrN/c17-13-16(9-10-18-13)12-3-1-11(2-4-12)15-7-5-14-6-8-15;10-7-1-3-8(4-2-7)12-9(13)14-6-5-11;10-7-1-3-8(4-2-7)11-5-6-13-9(11)12;7-5-1-3-6(8)4-2-5/h1-4,14H,5-10H2;1-4H,5-6H2,(H,12,13);1-4H,5-6H2;1-4H,8H2. The summed E-state index contributed by atoms with van der Waals surface area (Å²) in [6, 6.07) is 30.4. The third-order valence-corrected chi connectivity index (χ3v) is 9.31. The molecule has 4 aromatic carbocycles. The van der Waals surface area contributed by atoms with Gasteiger partial charge >= 0.3 is 18.3 Å². The summed E-state index contributed by atoms with van der Waals surface area (Å²) in [4.78, 5) is 39.3. The van der Waals surface area contributed by atoms with E-state index in [1.54, 1.807) is 21.9 Å².